The third-order valence-electron chi connectivity index (χ3n) is 4.24. The average molecular weight is 409 g/mol. The second-order valence-electron chi connectivity index (χ2n) is 7.13. The summed E-state index contributed by atoms with van der Waals surface area (Å²) in [6, 6.07) is 12.4. The number of rotatable bonds is 7. The standard InChI is InChI=1S/C20H25ClN2O3S/c1-13(2)19(14(3)4)22-20(24)15-6-5-7-17(12-15)23-27(25,26)18-10-8-16(21)9-11-18/h5-14,19,23H,1-4H3,(H,22,24). The lowest BCUT2D eigenvalue weighted by atomic mass is 9.93. The molecule has 2 aromatic rings. The zero-order chi connectivity index (χ0) is 20.2. The fourth-order valence-electron chi connectivity index (χ4n) is 2.89. The molecule has 0 spiro atoms. The molecule has 0 saturated carbocycles. The molecule has 146 valence electrons. The van der Waals surface area contributed by atoms with E-state index in [-0.39, 0.29) is 16.8 Å². The van der Waals surface area contributed by atoms with Gasteiger partial charge in [-0.25, -0.2) is 8.42 Å². The van der Waals surface area contributed by atoms with Crippen molar-refractivity contribution >= 4 is 33.2 Å². The summed E-state index contributed by atoms with van der Waals surface area (Å²) in [6.07, 6.45) is 0. The van der Waals surface area contributed by atoms with Crippen LogP contribution in [-0.4, -0.2) is 20.4 Å². The molecular weight excluding hydrogens is 384 g/mol. The van der Waals surface area contributed by atoms with Crippen LogP contribution in [0, 0.1) is 11.8 Å². The van der Waals surface area contributed by atoms with Gasteiger partial charge in [0.15, 0.2) is 0 Å². The van der Waals surface area contributed by atoms with Crippen LogP contribution in [-0.2, 0) is 10.0 Å². The number of halogens is 1. The molecule has 2 N–H and O–H groups in total. The Kier molecular flexibility index (Phi) is 6.89. The lowest BCUT2D eigenvalue weighted by molar-refractivity contribution is 0.0910. The SMILES string of the molecule is CC(C)C(NC(=O)c1cccc(NS(=O)(=O)c2ccc(Cl)cc2)c1)C(C)C. The lowest BCUT2D eigenvalue weighted by Gasteiger charge is -2.26. The summed E-state index contributed by atoms with van der Waals surface area (Å²) in [5.74, 6) is 0.357. The van der Waals surface area contributed by atoms with Crippen molar-refractivity contribution in [3.63, 3.8) is 0 Å². The van der Waals surface area contributed by atoms with Crippen molar-refractivity contribution in [3.05, 3.63) is 59.1 Å². The van der Waals surface area contributed by atoms with Crippen LogP contribution in [0.5, 0.6) is 0 Å². The van der Waals surface area contributed by atoms with Crippen LogP contribution in [0.2, 0.25) is 5.02 Å². The van der Waals surface area contributed by atoms with Gasteiger partial charge in [-0.3, -0.25) is 9.52 Å². The number of hydrogen-bond acceptors (Lipinski definition) is 3. The summed E-state index contributed by atoms with van der Waals surface area (Å²) in [6.45, 7) is 8.23. The molecule has 27 heavy (non-hydrogen) atoms. The maximum atomic E-state index is 12.6. The molecule has 0 aliphatic carbocycles. The normalized spacial score (nSPS) is 11.9. The van der Waals surface area contributed by atoms with Gasteiger partial charge in [0.25, 0.3) is 15.9 Å². The van der Waals surface area contributed by atoms with Gasteiger partial charge < -0.3 is 5.32 Å². The molecule has 0 aromatic heterocycles. The second-order valence-corrected chi connectivity index (χ2v) is 9.25. The first kappa shape index (κ1) is 21.3. The van der Waals surface area contributed by atoms with Gasteiger partial charge in [0, 0.05) is 22.3 Å². The summed E-state index contributed by atoms with van der Waals surface area (Å²) < 4.78 is 27.5. The van der Waals surface area contributed by atoms with Crippen molar-refractivity contribution in [1.29, 1.82) is 0 Å². The van der Waals surface area contributed by atoms with Gasteiger partial charge in [0.05, 0.1) is 4.90 Å². The Morgan fingerprint density at radius 1 is 0.963 bits per heavy atom. The molecule has 5 nitrogen and oxygen atoms in total. The fraction of sp³-hybridized carbons (Fsp3) is 0.350. The average Bonchev–Trinajstić information content (AvgIpc) is 2.59. The van der Waals surface area contributed by atoms with E-state index in [1.165, 1.54) is 30.3 Å². The monoisotopic (exact) mass is 408 g/mol. The van der Waals surface area contributed by atoms with E-state index in [0.717, 1.165) is 0 Å². The van der Waals surface area contributed by atoms with E-state index in [1.807, 2.05) is 0 Å². The Labute approximate surface area is 166 Å². The third kappa shape index (κ3) is 5.71. The van der Waals surface area contributed by atoms with Crippen LogP contribution < -0.4 is 10.0 Å². The Balaban J connectivity index is 2.19. The van der Waals surface area contributed by atoms with E-state index in [0.29, 0.717) is 28.1 Å². The lowest BCUT2D eigenvalue weighted by Crippen LogP contribution is -2.42. The van der Waals surface area contributed by atoms with Crippen LogP contribution in [0.4, 0.5) is 5.69 Å². The number of carbonyl (C=O) groups excluding carboxylic acids is 1. The highest BCUT2D eigenvalue weighted by molar-refractivity contribution is 7.92. The van der Waals surface area contributed by atoms with Gasteiger partial charge in [-0.15, -0.1) is 0 Å². The highest BCUT2D eigenvalue weighted by Gasteiger charge is 2.21. The van der Waals surface area contributed by atoms with Crippen molar-refractivity contribution < 1.29 is 13.2 Å². The van der Waals surface area contributed by atoms with Gasteiger partial charge in [-0.05, 0) is 54.3 Å². The summed E-state index contributed by atoms with van der Waals surface area (Å²) in [5.41, 5.74) is 0.723. The number of anilines is 1. The minimum Gasteiger partial charge on any atom is -0.349 e. The minimum atomic E-state index is -3.76. The van der Waals surface area contributed by atoms with E-state index in [9.17, 15) is 13.2 Å². The van der Waals surface area contributed by atoms with Crippen molar-refractivity contribution in [1.82, 2.24) is 5.32 Å². The molecule has 0 aliphatic rings. The molecule has 2 rings (SSSR count). The van der Waals surface area contributed by atoms with E-state index >= 15 is 0 Å². The van der Waals surface area contributed by atoms with Gasteiger partial charge in [-0.1, -0.05) is 45.4 Å². The Hall–Kier alpha value is -2.05. The zero-order valence-corrected chi connectivity index (χ0v) is 17.4. The van der Waals surface area contributed by atoms with Crippen molar-refractivity contribution in [2.45, 2.75) is 38.6 Å². The molecule has 0 heterocycles. The fourth-order valence-corrected chi connectivity index (χ4v) is 4.07. The molecule has 0 aliphatic heterocycles. The number of hydrogen-bond donors (Lipinski definition) is 2. The maximum absolute atomic E-state index is 12.6. The van der Waals surface area contributed by atoms with E-state index < -0.39 is 10.0 Å². The van der Waals surface area contributed by atoms with Gasteiger partial charge >= 0.3 is 0 Å². The van der Waals surface area contributed by atoms with Crippen LogP contribution >= 0.6 is 11.6 Å². The molecule has 0 bridgehead atoms. The molecule has 0 radical (unpaired) electrons. The zero-order valence-electron chi connectivity index (χ0n) is 15.9. The smallest absolute Gasteiger partial charge is 0.261 e. The molecule has 1 amide bonds. The quantitative estimate of drug-likeness (QED) is 0.705. The van der Waals surface area contributed by atoms with Crippen molar-refractivity contribution in [3.8, 4) is 0 Å². The number of nitrogens with one attached hydrogen (secondary N) is 2. The molecule has 0 saturated heterocycles. The Bertz CT molecular complexity index is 886. The molecule has 0 fully saturated rings. The van der Waals surface area contributed by atoms with Crippen LogP contribution in [0.3, 0.4) is 0 Å². The molecule has 7 heteroatoms. The minimum absolute atomic E-state index is 0.0342. The summed E-state index contributed by atoms with van der Waals surface area (Å²) in [7, 11) is -3.76. The highest BCUT2D eigenvalue weighted by atomic mass is 35.5. The van der Waals surface area contributed by atoms with Gasteiger partial charge in [-0.2, -0.15) is 0 Å². The number of benzene rings is 2. The second kappa shape index (κ2) is 8.76. The van der Waals surface area contributed by atoms with Crippen LogP contribution in [0.1, 0.15) is 38.1 Å². The largest absolute Gasteiger partial charge is 0.349 e. The molecule has 2 aromatic carbocycles. The maximum Gasteiger partial charge on any atom is 0.261 e. The Morgan fingerprint density at radius 2 is 1.56 bits per heavy atom. The number of carbonyl (C=O) groups is 1. The third-order valence-corrected chi connectivity index (χ3v) is 5.88. The van der Waals surface area contributed by atoms with Gasteiger partial charge in [0.2, 0.25) is 0 Å². The summed E-state index contributed by atoms with van der Waals surface area (Å²) >= 11 is 5.80. The van der Waals surface area contributed by atoms with Crippen LogP contribution in [0.15, 0.2) is 53.4 Å². The van der Waals surface area contributed by atoms with Gasteiger partial charge in [0.1, 0.15) is 0 Å². The first-order valence-electron chi connectivity index (χ1n) is 8.79. The molecule has 0 atom stereocenters. The summed E-state index contributed by atoms with van der Waals surface area (Å²) in [4.78, 5) is 12.7. The summed E-state index contributed by atoms with van der Waals surface area (Å²) in [5, 5.41) is 3.49. The first-order chi connectivity index (χ1) is 12.6. The molecular formula is C20H25ClN2O3S. The van der Waals surface area contributed by atoms with Crippen LogP contribution in [0.25, 0.3) is 0 Å². The first-order valence-corrected chi connectivity index (χ1v) is 10.7. The van der Waals surface area contributed by atoms with E-state index in [1.54, 1.807) is 18.2 Å². The van der Waals surface area contributed by atoms with E-state index in [4.69, 9.17) is 11.6 Å². The van der Waals surface area contributed by atoms with Crippen molar-refractivity contribution in [2.24, 2.45) is 11.8 Å². The van der Waals surface area contributed by atoms with Crippen molar-refractivity contribution in [2.75, 3.05) is 4.72 Å². The molecule has 0 unspecified atom stereocenters. The predicted octanol–water partition coefficient (Wildman–Crippen LogP) is 4.55. The topological polar surface area (TPSA) is 75.3 Å². The Morgan fingerprint density at radius 3 is 2.11 bits per heavy atom. The number of amides is 1. The number of sulfonamides is 1. The van der Waals surface area contributed by atoms with E-state index in [2.05, 4.69) is 37.7 Å². The highest BCUT2D eigenvalue weighted by Crippen LogP contribution is 2.20. The predicted molar refractivity (Wildman–Crippen MR) is 110 cm³/mol.